The van der Waals surface area contributed by atoms with E-state index in [-0.39, 0.29) is 5.91 Å². The summed E-state index contributed by atoms with van der Waals surface area (Å²) in [6.07, 6.45) is 3.90. The first-order chi connectivity index (χ1) is 8.24. The monoisotopic (exact) mass is 230 g/mol. The van der Waals surface area contributed by atoms with Crippen molar-refractivity contribution in [2.45, 2.75) is 13.0 Å². The summed E-state index contributed by atoms with van der Waals surface area (Å²) in [4.78, 5) is 11.6. The standard InChI is InChI=1S/C12H14N4O/c13-10-3-1-4-11(9-10)15-12(17)5-8-16-7-2-6-14-16/h1-4,6-7,9H,5,8,13H2,(H,15,17). The number of carbonyl (C=O) groups is 1. The summed E-state index contributed by atoms with van der Waals surface area (Å²) < 4.78 is 1.72. The van der Waals surface area contributed by atoms with Crippen molar-refractivity contribution in [3.05, 3.63) is 42.7 Å². The van der Waals surface area contributed by atoms with Gasteiger partial charge in [0.15, 0.2) is 0 Å². The molecule has 0 saturated heterocycles. The molecule has 0 atom stereocenters. The van der Waals surface area contributed by atoms with Crippen LogP contribution in [0.1, 0.15) is 6.42 Å². The van der Waals surface area contributed by atoms with Crippen LogP contribution in [-0.4, -0.2) is 15.7 Å². The molecule has 0 radical (unpaired) electrons. The minimum absolute atomic E-state index is 0.0499. The Bertz CT molecular complexity index is 493. The highest BCUT2D eigenvalue weighted by molar-refractivity contribution is 5.91. The summed E-state index contributed by atoms with van der Waals surface area (Å²) in [6, 6.07) is 8.95. The third-order valence-corrected chi connectivity index (χ3v) is 2.30. The number of carbonyl (C=O) groups excluding carboxylic acids is 1. The topological polar surface area (TPSA) is 72.9 Å². The van der Waals surface area contributed by atoms with Gasteiger partial charge in [0.25, 0.3) is 0 Å². The van der Waals surface area contributed by atoms with Crippen molar-refractivity contribution in [1.82, 2.24) is 9.78 Å². The molecule has 1 aromatic heterocycles. The maximum Gasteiger partial charge on any atom is 0.226 e. The molecule has 3 N–H and O–H groups in total. The van der Waals surface area contributed by atoms with Crippen LogP contribution < -0.4 is 11.1 Å². The number of aromatic nitrogens is 2. The predicted molar refractivity (Wildman–Crippen MR) is 66.3 cm³/mol. The van der Waals surface area contributed by atoms with E-state index >= 15 is 0 Å². The molecular formula is C12H14N4O. The van der Waals surface area contributed by atoms with Gasteiger partial charge in [-0.05, 0) is 24.3 Å². The van der Waals surface area contributed by atoms with Crippen LogP contribution >= 0.6 is 0 Å². The number of aryl methyl sites for hydroxylation is 1. The van der Waals surface area contributed by atoms with Gasteiger partial charge in [0.1, 0.15) is 0 Å². The number of nitrogen functional groups attached to an aromatic ring is 1. The van der Waals surface area contributed by atoms with Crippen LogP contribution in [0.5, 0.6) is 0 Å². The second-order valence-electron chi connectivity index (χ2n) is 3.69. The number of anilines is 2. The van der Waals surface area contributed by atoms with Crippen LogP contribution in [0.4, 0.5) is 11.4 Å². The normalized spacial score (nSPS) is 10.1. The van der Waals surface area contributed by atoms with E-state index in [1.54, 1.807) is 29.1 Å². The summed E-state index contributed by atoms with van der Waals surface area (Å²) in [5, 5.41) is 6.81. The van der Waals surface area contributed by atoms with Crippen LogP contribution in [0.3, 0.4) is 0 Å². The number of hydrogen-bond acceptors (Lipinski definition) is 3. The highest BCUT2D eigenvalue weighted by Crippen LogP contribution is 2.11. The van der Waals surface area contributed by atoms with Crippen molar-refractivity contribution < 1.29 is 4.79 Å². The predicted octanol–water partition coefficient (Wildman–Crippen LogP) is 1.49. The van der Waals surface area contributed by atoms with Gasteiger partial charge < -0.3 is 11.1 Å². The molecule has 1 amide bonds. The summed E-state index contributed by atoms with van der Waals surface area (Å²) in [5.41, 5.74) is 6.97. The average molecular weight is 230 g/mol. The van der Waals surface area contributed by atoms with E-state index in [1.807, 2.05) is 18.3 Å². The number of rotatable bonds is 4. The number of nitrogens with one attached hydrogen (secondary N) is 1. The Morgan fingerprint density at radius 3 is 3.00 bits per heavy atom. The molecule has 0 aliphatic rings. The largest absolute Gasteiger partial charge is 0.399 e. The van der Waals surface area contributed by atoms with Crippen LogP contribution in [-0.2, 0) is 11.3 Å². The summed E-state index contributed by atoms with van der Waals surface area (Å²) in [5.74, 6) is -0.0499. The van der Waals surface area contributed by atoms with Crippen LogP contribution in [0.25, 0.3) is 0 Å². The van der Waals surface area contributed by atoms with Gasteiger partial charge in [-0.25, -0.2) is 0 Å². The zero-order valence-electron chi connectivity index (χ0n) is 9.34. The smallest absolute Gasteiger partial charge is 0.226 e. The first-order valence-corrected chi connectivity index (χ1v) is 5.37. The van der Waals surface area contributed by atoms with E-state index in [9.17, 15) is 4.79 Å². The van der Waals surface area contributed by atoms with Crippen molar-refractivity contribution >= 4 is 17.3 Å². The Hall–Kier alpha value is -2.30. The lowest BCUT2D eigenvalue weighted by Crippen LogP contribution is -2.14. The quantitative estimate of drug-likeness (QED) is 0.782. The molecule has 0 bridgehead atoms. The second kappa shape index (κ2) is 5.16. The molecule has 0 unspecified atom stereocenters. The van der Waals surface area contributed by atoms with Gasteiger partial charge >= 0.3 is 0 Å². The molecule has 0 aliphatic carbocycles. The van der Waals surface area contributed by atoms with Gasteiger partial charge in [0, 0.05) is 36.7 Å². The second-order valence-corrected chi connectivity index (χ2v) is 3.69. The van der Waals surface area contributed by atoms with Crippen LogP contribution in [0.2, 0.25) is 0 Å². The van der Waals surface area contributed by atoms with E-state index in [4.69, 9.17) is 5.73 Å². The molecule has 88 valence electrons. The first-order valence-electron chi connectivity index (χ1n) is 5.37. The molecule has 1 heterocycles. The molecule has 5 heteroatoms. The molecule has 17 heavy (non-hydrogen) atoms. The number of nitrogens with zero attached hydrogens (tertiary/aromatic N) is 2. The molecule has 1 aromatic carbocycles. The van der Waals surface area contributed by atoms with Crippen molar-refractivity contribution in [1.29, 1.82) is 0 Å². The lowest BCUT2D eigenvalue weighted by Gasteiger charge is -2.05. The van der Waals surface area contributed by atoms with Gasteiger partial charge in [0.05, 0.1) is 0 Å². The van der Waals surface area contributed by atoms with E-state index in [2.05, 4.69) is 10.4 Å². The maximum absolute atomic E-state index is 11.6. The number of nitrogens with two attached hydrogens (primary N) is 1. The highest BCUT2D eigenvalue weighted by Gasteiger charge is 2.02. The van der Waals surface area contributed by atoms with Crippen LogP contribution in [0, 0.1) is 0 Å². The summed E-state index contributed by atoms with van der Waals surface area (Å²) >= 11 is 0. The van der Waals surface area contributed by atoms with E-state index in [0.717, 1.165) is 5.69 Å². The Morgan fingerprint density at radius 2 is 2.29 bits per heavy atom. The fourth-order valence-electron chi connectivity index (χ4n) is 1.49. The van der Waals surface area contributed by atoms with Crippen LogP contribution in [0.15, 0.2) is 42.7 Å². The molecule has 0 fully saturated rings. The van der Waals surface area contributed by atoms with Crippen molar-refractivity contribution in [2.75, 3.05) is 11.1 Å². The average Bonchev–Trinajstić information content (AvgIpc) is 2.79. The molecule has 2 aromatic rings. The minimum atomic E-state index is -0.0499. The lowest BCUT2D eigenvalue weighted by atomic mass is 10.2. The third-order valence-electron chi connectivity index (χ3n) is 2.30. The Morgan fingerprint density at radius 1 is 1.41 bits per heavy atom. The third kappa shape index (κ3) is 3.34. The van der Waals surface area contributed by atoms with Gasteiger partial charge in [-0.2, -0.15) is 5.10 Å². The SMILES string of the molecule is Nc1cccc(NC(=O)CCn2cccn2)c1. The highest BCUT2D eigenvalue weighted by atomic mass is 16.1. The zero-order valence-corrected chi connectivity index (χ0v) is 9.34. The van der Waals surface area contributed by atoms with E-state index in [1.165, 1.54) is 0 Å². The fourth-order valence-corrected chi connectivity index (χ4v) is 1.49. The molecular weight excluding hydrogens is 216 g/mol. The van der Waals surface area contributed by atoms with Gasteiger partial charge in [-0.1, -0.05) is 6.07 Å². The fraction of sp³-hybridized carbons (Fsp3) is 0.167. The summed E-state index contributed by atoms with van der Waals surface area (Å²) in [6.45, 7) is 0.571. The van der Waals surface area contributed by atoms with Gasteiger partial charge in [-0.3, -0.25) is 9.48 Å². The van der Waals surface area contributed by atoms with Gasteiger partial charge in [-0.15, -0.1) is 0 Å². The Kier molecular flexibility index (Phi) is 3.40. The van der Waals surface area contributed by atoms with Crippen molar-refractivity contribution in [3.63, 3.8) is 0 Å². The zero-order chi connectivity index (χ0) is 12.1. The first kappa shape index (κ1) is 11.2. The maximum atomic E-state index is 11.6. The van der Waals surface area contributed by atoms with Crippen molar-refractivity contribution in [3.8, 4) is 0 Å². The molecule has 0 spiro atoms. The number of hydrogen-bond donors (Lipinski definition) is 2. The molecule has 5 nitrogen and oxygen atoms in total. The van der Waals surface area contributed by atoms with Gasteiger partial charge in [0.2, 0.25) is 5.91 Å². The molecule has 0 aliphatic heterocycles. The van der Waals surface area contributed by atoms with Crippen molar-refractivity contribution in [2.24, 2.45) is 0 Å². The number of amides is 1. The molecule has 0 saturated carbocycles. The lowest BCUT2D eigenvalue weighted by molar-refractivity contribution is -0.116. The summed E-state index contributed by atoms with van der Waals surface area (Å²) in [7, 11) is 0. The van der Waals surface area contributed by atoms with E-state index in [0.29, 0.717) is 18.7 Å². The number of benzene rings is 1. The minimum Gasteiger partial charge on any atom is -0.399 e. The van der Waals surface area contributed by atoms with E-state index < -0.39 is 0 Å². The molecule has 2 rings (SSSR count). The Balaban J connectivity index is 1.85. The Labute approximate surface area is 99.2 Å².